The molecule has 0 saturated carbocycles. The van der Waals surface area contributed by atoms with Crippen LogP contribution in [-0.2, 0) is 0 Å². The second-order valence-corrected chi connectivity index (χ2v) is 5.21. The van der Waals surface area contributed by atoms with E-state index in [4.69, 9.17) is 9.47 Å². The summed E-state index contributed by atoms with van der Waals surface area (Å²) in [6.45, 7) is 0.475. The molecule has 4 rings (SSSR count). The second-order valence-electron chi connectivity index (χ2n) is 5.21. The smallest absolute Gasteiger partial charge is 0.149 e. The number of benzene rings is 2. The molecule has 2 aromatic carbocycles. The van der Waals surface area contributed by atoms with Crippen LogP contribution in [0.15, 0.2) is 73.3 Å². The first kappa shape index (κ1) is 14.3. The number of para-hydroxylation sites is 2. The van der Waals surface area contributed by atoms with Gasteiger partial charge in [0.15, 0.2) is 0 Å². The van der Waals surface area contributed by atoms with Crippen LogP contribution in [0.25, 0.3) is 10.9 Å². The van der Waals surface area contributed by atoms with Gasteiger partial charge in [-0.05, 0) is 42.5 Å². The molecular weight excluding hydrogens is 302 g/mol. The van der Waals surface area contributed by atoms with Gasteiger partial charge in [-0.15, -0.1) is 0 Å². The van der Waals surface area contributed by atoms with Gasteiger partial charge in [-0.2, -0.15) is 0 Å². The zero-order valence-corrected chi connectivity index (χ0v) is 12.8. The average Bonchev–Trinajstić information content (AvgIpc) is 2.62. The van der Waals surface area contributed by atoms with Crippen LogP contribution in [-0.4, -0.2) is 16.6 Å². The van der Waals surface area contributed by atoms with Gasteiger partial charge in [-0.1, -0.05) is 18.2 Å². The SMILES string of the molecule is C1=C/COc2ccc3ncnc(c3c2)Nc2ccccc2O/C=C/1. The van der Waals surface area contributed by atoms with E-state index in [0.29, 0.717) is 12.4 Å². The van der Waals surface area contributed by atoms with E-state index in [1.165, 1.54) is 0 Å². The lowest BCUT2D eigenvalue weighted by Gasteiger charge is -2.13. The summed E-state index contributed by atoms with van der Waals surface area (Å²) in [6, 6.07) is 13.5. The van der Waals surface area contributed by atoms with E-state index < -0.39 is 0 Å². The van der Waals surface area contributed by atoms with Gasteiger partial charge >= 0.3 is 0 Å². The van der Waals surface area contributed by atoms with Gasteiger partial charge < -0.3 is 14.8 Å². The number of nitrogens with zero attached hydrogens (tertiary/aromatic N) is 2. The summed E-state index contributed by atoms with van der Waals surface area (Å²) in [4.78, 5) is 8.69. The van der Waals surface area contributed by atoms with Crippen molar-refractivity contribution in [3.63, 3.8) is 0 Å². The number of fused-ring (bicyclic) bond motifs is 2. The number of allylic oxidation sites excluding steroid dienone is 2. The minimum Gasteiger partial charge on any atom is -0.490 e. The maximum absolute atomic E-state index is 5.74. The molecule has 1 aliphatic heterocycles. The molecular formula is C19H15N3O2. The molecule has 0 radical (unpaired) electrons. The van der Waals surface area contributed by atoms with Gasteiger partial charge in [0.2, 0.25) is 0 Å². The van der Waals surface area contributed by atoms with E-state index in [1.54, 1.807) is 12.6 Å². The summed E-state index contributed by atoms with van der Waals surface area (Å²) in [5.41, 5.74) is 1.68. The highest BCUT2D eigenvalue weighted by molar-refractivity contribution is 5.92. The molecule has 0 spiro atoms. The normalized spacial score (nSPS) is 16.2. The Morgan fingerprint density at radius 3 is 2.96 bits per heavy atom. The van der Waals surface area contributed by atoms with Crippen LogP contribution in [0.4, 0.5) is 11.5 Å². The van der Waals surface area contributed by atoms with Crippen LogP contribution in [0, 0.1) is 0 Å². The van der Waals surface area contributed by atoms with E-state index in [2.05, 4.69) is 15.3 Å². The quantitative estimate of drug-likeness (QED) is 0.673. The summed E-state index contributed by atoms with van der Waals surface area (Å²) >= 11 is 0. The highest BCUT2D eigenvalue weighted by atomic mass is 16.5. The molecule has 0 amide bonds. The van der Waals surface area contributed by atoms with E-state index >= 15 is 0 Å². The van der Waals surface area contributed by atoms with E-state index in [9.17, 15) is 0 Å². The molecule has 0 atom stereocenters. The number of rotatable bonds is 0. The van der Waals surface area contributed by atoms with Crippen molar-refractivity contribution in [2.75, 3.05) is 11.9 Å². The molecule has 0 unspecified atom stereocenters. The first-order valence-electron chi connectivity index (χ1n) is 7.62. The van der Waals surface area contributed by atoms with Gasteiger partial charge in [0.05, 0.1) is 17.5 Å². The molecule has 2 heterocycles. The minimum atomic E-state index is 0.475. The van der Waals surface area contributed by atoms with Crippen molar-refractivity contribution in [3.8, 4) is 11.5 Å². The van der Waals surface area contributed by atoms with Gasteiger partial charge in [0, 0.05) is 5.39 Å². The summed E-state index contributed by atoms with van der Waals surface area (Å²) < 4.78 is 11.4. The van der Waals surface area contributed by atoms with Gasteiger partial charge in [0.25, 0.3) is 0 Å². The topological polar surface area (TPSA) is 56.3 Å². The largest absolute Gasteiger partial charge is 0.490 e. The number of hydrogen-bond donors (Lipinski definition) is 1. The Bertz CT molecular complexity index is 935. The molecule has 5 heteroatoms. The standard InChI is InChI=1S/C19H15N3O2/c1-4-10-23-14-8-9-16-15(12-14)19(21-13-20-16)22-17-6-2-3-7-18(17)24-11-5-1/h1-9,11-13H,10H2,(H,20,21,22)/b4-1+,11-5+. The fourth-order valence-corrected chi connectivity index (χ4v) is 2.46. The van der Waals surface area contributed by atoms with Crippen molar-refractivity contribution >= 4 is 22.4 Å². The summed E-state index contributed by atoms with van der Waals surface area (Å²) in [5, 5.41) is 4.22. The summed E-state index contributed by atoms with van der Waals surface area (Å²) in [7, 11) is 0. The zero-order chi connectivity index (χ0) is 16.2. The predicted molar refractivity (Wildman–Crippen MR) is 93.7 cm³/mol. The molecule has 0 fully saturated rings. The van der Waals surface area contributed by atoms with Crippen LogP contribution in [0.1, 0.15) is 0 Å². The lowest BCUT2D eigenvalue weighted by Crippen LogP contribution is -1.99. The van der Waals surface area contributed by atoms with Crippen LogP contribution in [0.5, 0.6) is 11.5 Å². The lowest BCUT2D eigenvalue weighted by molar-refractivity contribution is 0.363. The fourth-order valence-electron chi connectivity index (χ4n) is 2.46. The van der Waals surface area contributed by atoms with E-state index in [1.807, 2.05) is 60.7 Å². The van der Waals surface area contributed by atoms with Crippen LogP contribution >= 0.6 is 0 Å². The third-order valence-corrected chi connectivity index (χ3v) is 3.61. The minimum absolute atomic E-state index is 0.475. The van der Waals surface area contributed by atoms with E-state index in [0.717, 1.165) is 28.1 Å². The maximum atomic E-state index is 5.74. The Morgan fingerprint density at radius 1 is 1.00 bits per heavy atom. The number of nitrogens with one attached hydrogen (secondary N) is 1. The molecule has 0 aliphatic carbocycles. The Morgan fingerprint density at radius 2 is 1.96 bits per heavy atom. The third kappa shape index (κ3) is 2.92. The van der Waals surface area contributed by atoms with E-state index in [-0.39, 0.29) is 0 Å². The fraction of sp³-hybridized carbons (Fsp3) is 0.0526. The van der Waals surface area contributed by atoms with Crippen LogP contribution in [0.3, 0.4) is 0 Å². The number of hydrogen-bond acceptors (Lipinski definition) is 5. The number of ether oxygens (including phenoxy) is 2. The molecule has 1 aromatic heterocycles. The Labute approximate surface area is 139 Å². The molecule has 24 heavy (non-hydrogen) atoms. The van der Waals surface area contributed by atoms with Crippen LogP contribution < -0.4 is 14.8 Å². The molecule has 2 bridgehead atoms. The monoisotopic (exact) mass is 317 g/mol. The van der Waals surface area contributed by atoms with Gasteiger partial charge in [0.1, 0.15) is 30.3 Å². The highest BCUT2D eigenvalue weighted by Crippen LogP contribution is 2.31. The number of aromatic nitrogens is 2. The molecule has 118 valence electrons. The number of anilines is 2. The maximum Gasteiger partial charge on any atom is 0.149 e. The molecule has 3 aromatic rings. The van der Waals surface area contributed by atoms with Gasteiger partial charge in [-0.25, -0.2) is 9.97 Å². The van der Waals surface area contributed by atoms with Crippen molar-refractivity contribution in [3.05, 3.63) is 73.3 Å². The molecule has 5 nitrogen and oxygen atoms in total. The molecule has 0 saturated heterocycles. The summed E-state index contributed by atoms with van der Waals surface area (Å²) in [5.74, 6) is 2.20. The zero-order valence-electron chi connectivity index (χ0n) is 12.8. The van der Waals surface area contributed by atoms with Crippen molar-refractivity contribution in [1.29, 1.82) is 0 Å². The molecule has 1 N–H and O–H groups in total. The lowest BCUT2D eigenvalue weighted by atomic mass is 10.2. The van der Waals surface area contributed by atoms with Crippen molar-refractivity contribution in [2.24, 2.45) is 0 Å². The predicted octanol–water partition coefficient (Wildman–Crippen LogP) is 4.21. The first-order chi connectivity index (χ1) is 11.9. The third-order valence-electron chi connectivity index (χ3n) is 3.61. The van der Waals surface area contributed by atoms with Crippen molar-refractivity contribution in [1.82, 2.24) is 9.97 Å². The van der Waals surface area contributed by atoms with Crippen LogP contribution in [0.2, 0.25) is 0 Å². The summed E-state index contributed by atoms with van der Waals surface area (Å²) in [6.07, 6.45) is 8.81. The Hall–Kier alpha value is -3.34. The Balaban J connectivity index is 1.85. The highest BCUT2D eigenvalue weighted by Gasteiger charge is 2.09. The van der Waals surface area contributed by atoms with Crippen molar-refractivity contribution in [2.45, 2.75) is 0 Å². The second kappa shape index (κ2) is 6.42. The van der Waals surface area contributed by atoms with Gasteiger partial charge in [-0.3, -0.25) is 0 Å². The molecule has 1 aliphatic rings. The Kier molecular flexibility index (Phi) is 3.81. The first-order valence-corrected chi connectivity index (χ1v) is 7.62. The average molecular weight is 317 g/mol. The van der Waals surface area contributed by atoms with Crippen molar-refractivity contribution < 1.29 is 9.47 Å².